The number of hydrogen-bond donors (Lipinski definition) is 0. The topological polar surface area (TPSA) is 9.23 Å². The predicted octanol–water partition coefficient (Wildman–Crippen LogP) is -1.22. The van der Waals surface area contributed by atoms with E-state index in [-0.39, 0.29) is 9.76 Å². The van der Waals surface area contributed by atoms with E-state index in [4.69, 9.17) is 4.34 Å². The fourth-order valence-electron chi connectivity index (χ4n) is 0.118. The molecule has 0 atom stereocenters. The summed E-state index contributed by atoms with van der Waals surface area (Å²) in [4.78, 5) is 0. The van der Waals surface area contributed by atoms with Crippen LogP contribution in [-0.4, -0.2) is 17.8 Å². The van der Waals surface area contributed by atoms with Crippen LogP contribution in [0.3, 0.4) is 0 Å². The average Bonchev–Trinajstić information content (AvgIpc) is 1.41. The van der Waals surface area contributed by atoms with Gasteiger partial charge in [-0.3, -0.25) is 0 Å². The van der Waals surface area contributed by atoms with Crippen molar-refractivity contribution in [2.24, 2.45) is 0 Å². The van der Waals surface area contributed by atoms with E-state index < -0.39 is 0 Å². The lowest BCUT2D eigenvalue weighted by atomic mass is 10.6. The van der Waals surface area contributed by atoms with Gasteiger partial charge in [-0.15, -0.1) is 6.58 Å². The standard InChI is InChI=1S/C2H7BOSi/c1-2-5-4-3/h2H,1,3,5H2. The maximum Gasteiger partial charge on any atom is 0.242 e. The van der Waals surface area contributed by atoms with Gasteiger partial charge in [-0.05, 0) is 0 Å². The lowest BCUT2D eigenvalue weighted by molar-refractivity contribution is 0.676. The monoisotopic (exact) mass is 86.0 g/mol. The lowest BCUT2D eigenvalue weighted by Gasteiger charge is -1.78. The van der Waals surface area contributed by atoms with Crippen LogP contribution in [0.2, 0.25) is 0 Å². The van der Waals surface area contributed by atoms with Crippen molar-refractivity contribution >= 4 is 17.8 Å². The molecule has 0 saturated heterocycles. The SMILES string of the molecule is BO[SiH2]C=C. The molecule has 3 heteroatoms. The fraction of sp³-hybridized carbons (Fsp3) is 0. The van der Waals surface area contributed by atoms with Crippen LogP contribution in [0.25, 0.3) is 0 Å². The van der Waals surface area contributed by atoms with Crippen LogP contribution >= 0.6 is 0 Å². The molecule has 0 aliphatic carbocycles. The Morgan fingerprint density at radius 2 is 2.60 bits per heavy atom. The van der Waals surface area contributed by atoms with Crippen LogP contribution in [0.1, 0.15) is 0 Å². The highest BCUT2D eigenvalue weighted by Gasteiger charge is 1.61. The highest BCUT2D eigenvalue weighted by Crippen LogP contribution is 1.53. The zero-order chi connectivity index (χ0) is 4.12. The molecule has 0 aliphatic rings. The molecule has 0 spiro atoms. The van der Waals surface area contributed by atoms with Gasteiger partial charge in [-0.2, -0.15) is 0 Å². The van der Waals surface area contributed by atoms with Crippen molar-refractivity contribution in [1.82, 2.24) is 0 Å². The van der Waals surface area contributed by atoms with Crippen LogP contribution in [0.4, 0.5) is 0 Å². The summed E-state index contributed by atoms with van der Waals surface area (Å²) in [7, 11) is 1.40. The molecule has 0 aliphatic heterocycles. The predicted molar refractivity (Wildman–Crippen MR) is 28.4 cm³/mol. The van der Waals surface area contributed by atoms with Crippen LogP contribution < -0.4 is 0 Å². The summed E-state index contributed by atoms with van der Waals surface area (Å²) < 4.78 is 4.71. The van der Waals surface area contributed by atoms with E-state index >= 15 is 0 Å². The summed E-state index contributed by atoms with van der Waals surface area (Å²) in [6.07, 6.45) is 0. The maximum absolute atomic E-state index is 4.71. The first-order valence-electron chi connectivity index (χ1n) is 1.51. The molecular weight excluding hydrogens is 78.9 g/mol. The maximum atomic E-state index is 4.71. The van der Waals surface area contributed by atoms with Gasteiger partial charge in [0.05, 0.1) is 0 Å². The first kappa shape index (κ1) is 4.98. The van der Waals surface area contributed by atoms with Crippen molar-refractivity contribution in [3.8, 4) is 0 Å². The van der Waals surface area contributed by atoms with Gasteiger partial charge >= 0.3 is 0 Å². The average molecular weight is 86.0 g/mol. The quantitative estimate of drug-likeness (QED) is 0.382. The summed E-state index contributed by atoms with van der Waals surface area (Å²) in [5, 5.41) is 0. The minimum absolute atomic E-state index is 0.304. The van der Waals surface area contributed by atoms with Gasteiger partial charge in [0.25, 0.3) is 0 Å². The minimum Gasteiger partial charge on any atom is -0.484 e. The first-order valence-corrected chi connectivity index (χ1v) is 2.91. The summed E-state index contributed by atoms with van der Waals surface area (Å²) in [6.45, 7) is 3.49. The lowest BCUT2D eigenvalue weighted by Crippen LogP contribution is -1.85. The molecule has 0 rings (SSSR count). The largest absolute Gasteiger partial charge is 0.484 e. The molecule has 0 fully saturated rings. The molecule has 0 unspecified atom stereocenters. The van der Waals surface area contributed by atoms with Crippen molar-refractivity contribution in [2.75, 3.05) is 0 Å². The second-order valence-electron chi connectivity index (χ2n) is 0.744. The van der Waals surface area contributed by atoms with E-state index in [2.05, 4.69) is 6.58 Å². The molecule has 0 saturated carbocycles. The van der Waals surface area contributed by atoms with Gasteiger partial charge in [-0.1, -0.05) is 5.70 Å². The Morgan fingerprint density at radius 3 is 2.60 bits per heavy atom. The second kappa shape index (κ2) is 3.98. The third kappa shape index (κ3) is 3.98. The minimum atomic E-state index is -0.304. The van der Waals surface area contributed by atoms with Gasteiger partial charge in [0.1, 0.15) is 0 Å². The van der Waals surface area contributed by atoms with Crippen LogP contribution in [0, 0.1) is 0 Å². The Morgan fingerprint density at radius 1 is 2.00 bits per heavy atom. The Kier molecular flexibility index (Phi) is 3.97. The molecule has 0 aromatic heterocycles. The van der Waals surface area contributed by atoms with E-state index in [0.29, 0.717) is 0 Å². The van der Waals surface area contributed by atoms with Gasteiger partial charge in [-0.25, -0.2) is 0 Å². The van der Waals surface area contributed by atoms with Crippen LogP contribution in [0.15, 0.2) is 12.3 Å². The molecule has 0 bridgehead atoms. The normalized spacial score (nSPS) is 9.60. The third-order valence-corrected chi connectivity index (χ3v) is 0.854. The summed E-state index contributed by atoms with van der Waals surface area (Å²) in [5.74, 6) is 0. The molecular formula is C2H7BOSi. The summed E-state index contributed by atoms with van der Waals surface area (Å²) in [5.41, 5.74) is 1.85. The second-order valence-corrected chi connectivity index (χ2v) is 2.23. The van der Waals surface area contributed by atoms with E-state index in [0.717, 1.165) is 0 Å². The van der Waals surface area contributed by atoms with E-state index in [1.165, 1.54) is 0 Å². The smallest absolute Gasteiger partial charge is 0.242 e. The molecule has 28 valence electrons. The fourth-order valence-corrected chi connectivity index (χ4v) is 0.354. The van der Waals surface area contributed by atoms with Crippen molar-refractivity contribution in [3.05, 3.63) is 12.3 Å². The van der Waals surface area contributed by atoms with Gasteiger partial charge in [0.15, 0.2) is 9.76 Å². The molecule has 0 aromatic carbocycles. The molecule has 0 radical (unpaired) electrons. The van der Waals surface area contributed by atoms with Crippen molar-refractivity contribution in [3.63, 3.8) is 0 Å². The summed E-state index contributed by atoms with van der Waals surface area (Å²) in [6, 6.07) is 0. The van der Waals surface area contributed by atoms with Gasteiger partial charge in [0.2, 0.25) is 8.05 Å². The third-order valence-electron chi connectivity index (χ3n) is 0.285. The Balaban J connectivity index is 2.40. The van der Waals surface area contributed by atoms with E-state index in [1.54, 1.807) is 8.05 Å². The van der Waals surface area contributed by atoms with Crippen molar-refractivity contribution in [2.45, 2.75) is 0 Å². The van der Waals surface area contributed by atoms with Gasteiger partial charge in [0, 0.05) is 0 Å². The zero-order valence-electron chi connectivity index (χ0n) is 3.40. The van der Waals surface area contributed by atoms with Crippen LogP contribution in [-0.2, 0) is 4.34 Å². The van der Waals surface area contributed by atoms with E-state index in [9.17, 15) is 0 Å². The Hall–Kier alpha value is -0.0182. The Bertz CT molecular complexity index is 30.8. The summed E-state index contributed by atoms with van der Waals surface area (Å²) >= 11 is 0. The number of rotatable bonds is 2. The van der Waals surface area contributed by atoms with Crippen molar-refractivity contribution in [1.29, 1.82) is 0 Å². The van der Waals surface area contributed by atoms with Crippen molar-refractivity contribution < 1.29 is 4.34 Å². The Labute approximate surface area is 35.4 Å². The highest BCUT2D eigenvalue weighted by molar-refractivity contribution is 6.39. The zero-order valence-corrected chi connectivity index (χ0v) is 4.81. The molecule has 0 aromatic rings. The highest BCUT2D eigenvalue weighted by atomic mass is 28.2. The molecule has 0 heterocycles. The van der Waals surface area contributed by atoms with E-state index in [1.807, 2.05) is 5.70 Å². The first-order chi connectivity index (χ1) is 2.41. The van der Waals surface area contributed by atoms with Gasteiger partial charge < -0.3 is 4.34 Å². The number of hydrogen-bond acceptors (Lipinski definition) is 1. The van der Waals surface area contributed by atoms with Crippen LogP contribution in [0.5, 0.6) is 0 Å². The molecule has 5 heavy (non-hydrogen) atoms. The molecule has 1 nitrogen and oxygen atoms in total. The molecule has 0 N–H and O–H groups in total. The molecule has 0 amide bonds.